The number of aromatic nitrogens is 4. The van der Waals surface area contributed by atoms with E-state index in [1.165, 1.54) is 6.92 Å². The third kappa shape index (κ3) is 2.22. The number of nitrogens with one attached hydrogen (secondary N) is 1. The summed E-state index contributed by atoms with van der Waals surface area (Å²) in [6, 6.07) is 0. The molecule has 0 amide bonds. The molecule has 0 atom stereocenters. The van der Waals surface area contributed by atoms with Crippen LogP contribution in [-0.2, 0) is 12.8 Å². The van der Waals surface area contributed by atoms with Crippen LogP contribution in [0, 0.1) is 6.92 Å². The van der Waals surface area contributed by atoms with Crippen LogP contribution in [0.1, 0.15) is 33.7 Å². The van der Waals surface area contributed by atoms with Crippen LogP contribution in [0.3, 0.4) is 0 Å². The summed E-state index contributed by atoms with van der Waals surface area (Å²) in [6.45, 7) is 1.32. The summed E-state index contributed by atoms with van der Waals surface area (Å²) in [5.74, 6) is -1.95. The number of halogens is 3. The van der Waals surface area contributed by atoms with Gasteiger partial charge in [-0.3, -0.25) is 14.6 Å². The maximum absolute atomic E-state index is 12.5. The molecule has 116 valence electrons. The number of carbonyl (C=O) groups is 1. The Morgan fingerprint density at radius 2 is 2.09 bits per heavy atom. The van der Waals surface area contributed by atoms with E-state index >= 15 is 0 Å². The highest BCUT2D eigenvalue weighted by molar-refractivity contribution is 6.01. The number of carbonyl (C=O) groups excluding carboxylic acids is 1. The van der Waals surface area contributed by atoms with Crippen molar-refractivity contribution >= 4 is 5.78 Å². The van der Waals surface area contributed by atoms with E-state index in [-0.39, 0.29) is 17.2 Å². The van der Waals surface area contributed by atoms with Crippen LogP contribution >= 0.6 is 0 Å². The van der Waals surface area contributed by atoms with Crippen molar-refractivity contribution in [2.24, 2.45) is 0 Å². The van der Waals surface area contributed by atoms with Gasteiger partial charge in [-0.15, -0.1) is 0 Å². The first-order valence-corrected chi connectivity index (χ1v) is 6.57. The number of Topliss-reactive ketones (excluding diaryl/α,β-unsaturated/α-hetero) is 1. The number of hydrogen-bond acceptors (Lipinski definition) is 4. The maximum atomic E-state index is 12.5. The van der Waals surface area contributed by atoms with Crippen molar-refractivity contribution in [3.05, 3.63) is 39.1 Å². The molecule has 1 N–H and O–H groups in total. The number of aryl methyl sites for hydroxylation is 1. The first-order chi connectivity index (χ1) is 10.3. The molecule has 0 fully saturated rings. The Morgan fingerprint density at radius 3 is 2.77 bits per heavy atom. The lowest BCUT2D eigenvalue weighted by Gasteiger charge is -2.07. The Bertz CT molecular complexity index is 820. The number of H-pyrrole nitrogens is 1. The molecule has 1 aliphatic rings. The van der Waals surface area contributed by atoms with E-state index in [0.717, 1.165) is 17.3 Å². The zero-order valence-corrected chi connectivity index (χ0v) is 11.5. The van der Waals surface area contributed by atoms with Gasteiger partial charge in [-0.25, -0.2) is 9.67 Å². The van der Waals surface area contributed by atoms with Gasteiger partial charge in [0.25, 0.3) is 11.3 Å². The molecule has 22 heavy (non-hydrogen) atoms. The fourth-order valence-electron chi connectivity index (χ4n) is 2.53. The number of aromatic amines is 1. The van der Waals surface area contributed by atoms with E-state index in [1.54, 1.807) is 0 Å². The third-order valence-corrected chi connectivity index (χ3v) is 3.64. The Balaban J connectivity index is 2.08. The lowest BCUT2D eigenvalue weighted by atomic mass is 10.1. The zero-order valence-electron chi connectivity index (χ0n) is 11.5. The van der Waals surface area contributed by atoms with E-state index in [4.69, 9.17) is 0 Å². The van der Waals surface area contributed by atoms with E-state index in [1.807, 2.05) is 0 Å². The number of ketones is 1. The summed E-state index contributed by atoms with van der Waals surface area (Å²) in [6.07, 6.45) is -2.06. The number of rotatable bonds is 2. The normalized spacial score (nSPS) is 14.2. The summed E-state index contributed by atoms with van der Waals surface area (Å²) >= 11 is 0. The van der Waals surface area contributed by atoms with Gasteiger partial charge < -0.3 is 0 Å². The average molecular weight is 312 g/mol. The van der Waals surface area contributed by atoms with Crippen LogP contribution in [0.15, 0.2) is 11.0 Å². The molecule has 3 rings (SSSR count). The van der Waals surface area contributed by atoms with Gasteiger partial charge in [0.15, 0.2) is 0 Å². The van der Waals surface area contributed by atoms with E-state index < -0.39 is 17.5 Å². The van der Waals surface area contributed by atoms with E-state index in [9.17, 15) is 22.8 Å². The lowest BCUT2D eigenvalue weighted by Crippen LogP contribution is -2.23. The van der Waals surface area contributed by atoms with Gasteiger partial charge in [0.05, 0.1) is 23.1 Å². The van der Waals surface area contributed by atoms with Gasteiger partial charge in [0.1, 0.15) is 0 Å². The number of fused-ring (bicyclic) bond motifs is 1. The molecule has 9 heteroatoms. The number of nitrogens with zero attached hydrogens (tertiary/aromatic N) is 3. The molecule has 0 radical (unpaired) electrons. The molecule has 0 saturated heterocycles. The minimum absolute atomic E-state index is 0.0179. The second-order valence-corrected chi connectivity index (χ2v) is 5.05. The summed E-state index contributed by atoms with van der Waals surface area (Å²) in [5.41, 5.74) is 0.313. The minimum Gasteiger partial charge on any atom is -0.291 e. The van der Waals surface area contributed by atoms with Crippen molar-refractivity contribution in [3.8, 4) is 5.95 Å². The first-order valence-electron chi connectivity index (χ1n) is 6.57. The fraction of sp³-hybridized carbons (Fsp3) is 0.385. The molecule has 0 aromatic carbocycles. The molecular weight excluding hydrogens is 301 g/mol. The minimum atomic E-state index is -4.97. The highest BCUT2D eigenvalue weighted by Crippen LogP contribution is 2.24. The summed E-state index contributed by atoms with van der Waals surface area (Å²) in [4.78, 5) is 30.0. The second-order valence-electron chi connectivity index (χ2n) is 5.05. The molecule has 0 unspecified atom stereocenters. The molecule has 1 aliphatic carbocycles. The van der Waals surface area contributed by atoms with Crippen LogP contribution in [0.5, 0.6) is 0 Å². The monoisotopic (exact) mass is 312 g/mol. The van der Waals surface area contributed by atoms with E-state index in [2.05, 4.69) is 15.1 Å². The zero-order chi connectivity index (χ0) is 16.1. The molecular formula is C13H11F3N4O2. The van der Waals surface area contributed by atoms with Gasteiger partial charge in [0, 0.05) is 5.56 Å². The van der Waals surface area contributed by atoms with Gasteiger partial charge >= 0.3 is 6.18 Å². The van der Waals surface area contributed by atoms with Crippen LogP contribution in [0.4, 0.5) is 13.2 Å². The van der Waals surface area contributed by atoms with Gasteiger partial charge in [0.2, 0.25) is 5.95 Å². The average Bonchev–Trinajstić information content (AvgIpc) is 3.03. The molecule has 6 nitrogen and oxygen atoms in total. The quantitative estimate of drug-likeness (QED) is 0.852. The SMILES string of the molecule is Cc1c(C(=O)C(F)(F)F)cnn1-c1nc2c(c(=O)[nH]1)CCC2. The number of hydrogen-bond donors (Lipinski definition) is 1. The summed E-state index contributed by atoms with van der Waals surface area (Å²) in [5, 5.41) is 3.75. The Morgan fingerprint density at radius 1 is 1.36 bits per heavy atom. The molecule has 0 saturated carbocycles. The van der Waals surface area contributed by atoms with Crippen molar-refractivity contribution in [1.82, 2.24) is 19.7 Å². The molecule has 2 heterocycles. The number of alkyl halides is 3. The first kappa shape index (κ1) is 14.5. The predicted octanol–water partition coefficient (Wildman–Crippen LogP) is 1.50. The van der Waals surface area contributed by atoms with Gasteiger partial charge in [-0.05, 0) is 26.2 Å². The Kier molecular flexibility index (Phi) is 3.15. The highest BCUT2D eigenvalue weighted by Gasteiger charge is 2.41. The Hall–Kier alpha value is -2.45. The van der Waals surface area contributed by atoms with Crippen molar-refractivity contribution in [3.63, 3.8) is 0 Å². The van der Waals surface area contributed by atoms with Crippen molar-refractivity contribution in [2.45, 2.75) is 32.4 Å². The van der Waals surface area contributed by atoms with Gasteiger partial charge in [-0.1, -0.05) is 0 Å². The molecule has 0 bridgehead atoms. The maximum Gasteiger partial charge on any atom is 0.454 e. The van der Waals surface area contributed by atoms with Crippen LogP contribution in [0.2, 0.25) is 0 Å². The topological polar surface area (TPSA) is 80.6 Å². The molecule has 0 aliphatic heterocycles. The summed E-state index contributed by atoms with van der Waals surface area (Å²) < 4.78 is 38.6. The van der Waals surface area contributed by atoms with Crippen molar-refractivity contribution < 1.29 is 18.0 Å². The fourth-order valence-corrected chi connectivity index (χ4v) is 2.53. The van der Waals surface area contributed by atoms with E-state index in [0.29, 0.717) is 24.1 Å². The predicted molar refractivity (Wildman–Crippen MR) is 69.1 cm³/mol. The highest BCUT2D eigenvalue weighted by atomic mass is 19.4. The second kappa shape index (κ2) is 4.79. The van der Waals surface area contributed by atoms with Crippen LogP contribution in [-0.4, -0.2) is 31.7 Å². The molecule has 2 aromatic rings. The lowest BCUT2D eigenvalue weighted by molar-refractivity contribution is -0.0885. The largest absolute Gasteiger partial charge is 0.454 e. The van der Waals surface area contributed by atoms with Crippen molar-refractivity contribution in [1.29, 1.82) is 0 Å². The molecule has 0 spiro atoms. The summed E-state index contributed by atoms with van der Waals surface area (Å²) in [7, 11) is 0. The van der Waals surface area contributed by atoms with Crippen LogP contribution in [0.25, 0.3) is 5.95 Å². The molecule has 2 aromatic heterocycles. The van der Waals surface area contributed by atoms with Crippen molar-refractivity contribution in [2.75, 3.05) is 0 Å². The smallest absolute Gasteiger partial charge is 0.291 e. The standard InChI is InChI=1S/C13H11F3N4O2/c1-6-8(10(21)13(14,15)16)5-17-20(6)12-18-9-4-2-3-7(9)11(22)19-12/h5H,2-4H2,1H3,(H,18,19,22). The van der Waals surface area contributed by atoms with Crippen LogP contribution < -0.4 is 5.56 Å². The third-order valence-electron chi connectivity index (χ3n) is 3.64. The van der Waals surface area contributed by atoms with Gasteiger partial charge in [-0.2, -0.15) is 18.3 Å². The Labute approximate surface area is 122 Å².